The number of amides is 1. The zero-order valence-electron chi connectivity index (χ0n) is 10.8. The summed E-state index contributed by atoms with van der Waals surface area (Å²) < 4.78 is 10.5. The predicted molar refractivity (Wildman–Crippen MR) is 78.9 cm³/mol. The maximum Gasteiger partial charge on any atom is 0.240 e. The summed E-state index contributed by atoms with van der Waals surface area (Å²) in [6.45, 7) is 0.667. The minimum absolute atomic E-state index is 0.0331. The van der Waals surface area contributed by atoms with Crippen LogP contribution in [0.4, 0.5) is 5.69 Å². The zero-order valence-corrected chi connectivity index (χ0v) is 13.1. The highest BCUT2D eigenvalue weighted by molar-refractivity contribution is 9.10. The Kier molecular flexibility index (Phi) is 4.58. The first kappa shape index (κ1) is 14.5. The van der Waals surface area contributed by atoms with Crippen molar-refractivity contribution < 1.29 is 14.3 Å². The van der Waals surface area contributed by atoms with Crippen molar-refractivity contribution in [3.05, 3.63) is 17.2 Å². The number of hydrogen-bond acceptors (Lipinski definition) is 3. The van der Waals surface area contributed by atoms with Gasteiger partial charge in [-0.1, -0.05) is 27.5 Å². The lowest BCUT2D eigenvalue weighted by molar-refractivity contribution is -0.118. The van der Waals surface area contributed by atoms with Gasteiger partial charge in [0.1, 0.15) is 11.5 Å². The van der Waals surface area contributed by atoms with Gasteiger partial charge in [-0.05, 0) is 18.9 Å². The van der Waals surface area contributed by atoms with Gasteiger partial charge in [0, 0.05) is 12.6 Å². The van der Waals surface area contributed by atoms with E-state index in [2.05, 4.69) is 15.9 Å². The largest absolute Gasteiger partial charge is 0.495 e. The van der Waals surface area contributed by atoms with Gasteiger partial charge in [0.25, 0.3) is 0 Å². The van der Waals surface area contributed by atoms with Crippen molar-refractivity contribution in [3.63, 3.8) is 0 Å². The van der Waals surface area contributed by atoms with Crippen molar-refractivity contribution in [1.82, 2.24) is 0 Å². The summed E-state index contributed by atoms with van der Waals surface area (Å²) in [6, 6.07) is 3.41. The zero-order chi connectivity index (χ0) is 14.0. The minimum atomic E-state index is -0.146. The number of piperidine rings is 1. The molecular formula is C13H15BrClNO3. The van der Waals surface area contributed by atoms with Crippen molar-refractivity contribution in [1.29, 1.82) is 0 Å². The highest BCUT2D eigenvalue weighted by Crippen LogP contribution is 2.39. The first-order valence-corrected chi connectivity index (χ1v) is 7.24. The van der Waals surface area contributed by atoms with E-state index in [9.17, 15) is 4.79 Å². The number of benzene rings is 1. The molecule has 1 unspecified atom stereocenters. The fourth-order valence-electron chi connectivity index (χ4n) is 2.13. The van der Waals surface area contributed by atoms with Gasteiger partial charge in [-0.25, -0.2) is 0 Å². The molecule has 1 atom stereocenters. The smallest absolute Gasteiger partial charge is 0.240 e. The number of rotatable bonds is 3. The molecule has 0 saturated carbocycles. The Balaban J connectivity index is 2.43. The number of ether oxygens (including phenoxy) is 2. The monoisotopic (exact) mass is 347 g/mol. The molecule has 0 aliphatic carbocycles. The Labute approximate surface area is 125 Å². The number of hydrogen-bond donors (Lipinski definition) is 0. The number of nitrogens with zero attached hydrogens (tertiary/aromatic N) is 1. The Morgan fingerprint density at radius 2 is 2.00 bits per heavy atom. The summed E-state index contributed by atoms with van der Waals surface area (Å²) in [5, 5.41) is 0.461. The highest BCUT2D eigenvalue weighted by atomic mass is 79.9. The van der Waals surface area contributed by atoms with E-state index < -0.39 is 0 Å². The standard InChI is InChI=1S/C13H15BrClNO3/c1-18-11-7-12(19-2)10(6-9(11)15)16-5-3-4-8(14)13(16)17/h6-8H,3-5H2,1-2H3. The summed E-state index contributed by atoms with van der Waals surface area (Å²) in [5.74, 6) is 1.14. The lowest BCUT2D eigenvalue weighted by Crippen LogP contribution is -2.42. The van der Waals surface area contributed by atoms with Gasteiger partial charge in [0.15, 0.2) is 0 Å². The fourth-order valence-corrected chi connectivity index (χ4v) is 2.93. The van der Waals surface area contributed by atoms with Gasteiger partial charge in [0.05, 0.1) is 29.8 Å². The molecule has 1 heterocycles. The molecule has 4 nitrogen and oxygen atoms in total. The average Bonchev–Trinajstić information content (AvgIpc) is 2.41. The average molecular weight is 349 g/mol. The van der Waals surface area contributed by atoms with Crippen molar-refractivity contribution in [2.45, 2.75) is 17.7 Å². The maximum atomic E-state index is 12.2. The van der Waals surface area contributed by atoms with Crippen molar-refractivity contribution >= 4 is 39.1 Å². The molecule has 1 aliphatic rings. The lowest BCUT2D eigenvalue weighted by Gasteiger charge is -2.31. The first-order chi connectivity index (χ1) is 9.08. The number of halogens is 2. The summed E-state index contributed by atoms with van der Waals surface area (Å²) in [5.41, 5.74) is 0.683. The van der Waals surface area contributed by atoms with E-state index in [4.69, 9.17) is 21.1 Å². The van der Waals surface area contributed by atoms with E-state index in [-0.39, 0.29) is 10.7 Å². The van der Waals surface area contributed by atoms with Crippen LogP contribution in [-0.4, -0.2) is 31.5 Å². The number of alkyl halides is 1. The van der Waals surface area contributed by atoms with Gasteiger partial charge < -0.3 is 14.4 Å². The summed E-state index contributed by atoms with van der Waals surface area (Å²) in [6.07, 6.45) is 1.79. The van der Waals surface area contributed by atoms with E-state index in [1.807, 2.05) is 0 Å². The van der Waals surface area contributed by atoms with E-state index >= 15 is 0 Å². The topological polar surface area (TPSA) is 38.8 Å². The third kappa shape index (κ3) is 2.82. The second kappa shape index (κ2) is 6.01. The second-order valence-corrected chi connectivity index (χ2v) is 5.77. The number of carbonyl (C=O) groups is 1. The molecule has 19 heavy (non-hydrogen) atoms. The Morgan fingerprint density at radius 1 is 1.32 bits per heavy atom. The Bertz CT molecular complexity index is 495. The maximum absolute atomic E-state index is 12.2. The molecular weight excluding hydrogens is 334 g/mol. The van der Waals surface area contributed by atoms with Crippen LogP contribution in [-0.2, 0) is 4.79 Å². The van der Waals surface area contributed by atoms with Crippen molar-refractivity contribution in [3.8, 4) is 11.5 Å². The normalized spacial score (nSPS) is 19.5. The fraction of sp³-hybridized carbons (Fsp3) is 0.462. The van der Waals surface area contributed by atoms with Gasteiger partial charge in [0.2, 0.25) is 5.91 Å². The van der Waals surface area contributed by atoms with Crippen LogP contribution in [0.15, 0.2) is 12.1 Å². The van der Waals surface area contributed by atoms with Crippen LogP contribution in [0.25, 0.3) is 0 Å². The number of carbonyl (C=O) groups excluding carboxylic acids is 1. The van der Waals surface area contributed by atoms with Crippen LogP contribution in [0, 0.1) is 0 Å². The van der Waals surface area contributed by atoms with Crippen LogP contribution in [0.1, 0.15) is 12.8 Å². The molecule has 0 spiro atoms. The minimum Gasteiger partial charge on any atom is -0.495 e. The number of methoxy groups -OCH3 is 2. The van der Waals surface area contributed by atoms with E-state index in [1.54, 1.807) is 31.3 Å². The molecule has 104 valence electrons. The first-order valence-electron chi connectivity index (χ1n) is 5.95. The molecule has 1 aromatic rings. The highest BCUT2D eigenvalue weighted by Gasteiger charge is 2.30. The van der Waals surface area contributed by atoms with Crippen molar-refractivity contribution in [2.24, 2.45) is 0 Å². The SMILES string of the molecule is COc1cc(OC)c(N2CCCC(Br)C2=O)cc1Cl. The third-order valence-corrected chi connectivity index (χ3v) is 4.26. The van der Waals surface area contributed by atoms with Gasteiger partial charge in [-0.2, -0.15) is 0 Å². The number of anilines is 1. The van der Waals surface area contributed by atoms with Crippen LogP contribution in [0.3, 0.4) is 0 Å². The summed E-state index contributed by atoms with van der Waals surface area (Å²) in [7, 11) is 3.10. The molecule has 1 aromatic carbocycles. The molecule has 0 bridgehead atoms. The van der Waals surface area contributed by atoms with E-state index in [1.165, 1.54) is 0 Å². The molecule has 1 amide bonds. The van der Waals surface area contributed by atoms with Crippen LogP contribution in [0.2, 0.25) is 5.02 Å². The summed E-state index contributed by atoms with van der Waals surface area (Å²) >= 11 is 9.53. The quantitative estimate of drug-likeness (QED) is 0.787. The van der Waals surface area contributed by atoms with E-state index in [0.29, 0.717) is 28.8 Å². The molecule has 0 radical (unpaired) electrons. The van der Waals surface area contributed by atoms with Gasteiger partial charge in [-0.3, -0.25) is 4.79 Å². The van der Waals surface area contributed by atoms with E-state index in [0.717, 1.165) is 12.8 Å². The molecule has 2 rings (SSSR count). The van der Waals surface area contributed by atoms with Crippen LogP contribution < -0.4 is 14.4 Å². The predicted octanol–water partition coefficient (Wildman–Crippen LogP) is 3.25. The van der Waals surface area contributed by atoms with Gasteiger partial charge in [-0.15, -0.1) is 0 Å². The summed E-state index contributed by atoms with van der Waals surface area (Å²) in [4.78, 5) is 13.8. The van der Waals surface area contributed by atoms with Crippen molar-refractivity contribution in [2.75, 3.05) is 25.7 Å². The van der Waals surface area contributed by atoms with Gasteiger partial charge >= 0.3 is 0 Å². The van der Waals surface area contributed by atoms with Crippen LogP contribution >= 0.6 is 27.5 Å². The molecule has 1 aliphatic heterocycles. The molecule has 0 N–H and O–H groups in total. The lowest BCUT2D eigenvalue weighted by atomic mass is 10.1. The molecule has 6 heteroatoms. The molecule has 0 aromatic heterocycles. The third-order valence-electron chi connectivity index (χ3n) is 3.12. The molecule has 1 saturated heterocycles. The second-order valence-electron chi connectivity index (χ2n) is 4.26. The Morgan fingerprint density at radius 3 is 2.63 bits per heavy atom. The van der Waals surface area contributed by atoms with Crippen LogP contribution in [0.5, 0.6) is 11.5 Å². The Hall–Kier alpha value is -0.940. The molecule has 1 fully saturated rings.